The van der Waals surface area contributed by atoms with Crippen molar-refractivity contribution in [2.75, 3.05) is 32.8 Å². The first-order chi connectivity index (χ1) is 13.1. The van der Waals surface area contributed by atoms with E-state index in [0.717, 1.165) is 0 Å². The first-order valence-electron chi connectivity index (χ1n) is 8.71. The number of imidazole rings is 1. The minimum absolute atomic E-state index is 0.0582. The molecule has 1 N–H and O–H groups in total. The molecule has 0 radical (unpaired) electrons. The number of aromatic amines is 1. The summed E-state index contributed by atoms with van der Waals surface area (Å²) in [5.74, 6) is 0.972. The van der Waals surface area contributed by atoms with Crippen molar-refractivity contribution in [3.8, 4) is 11.5 Å². The molecular weight excluding hydrogens is 372 g/mol. The molecule has 2 aromatic rings. The molecule has 9 nitrogen and oxygen atoms in total. The highest BCUT2D eigenvalue weighted by Crippen LogP contribution is 2.31. The van der Waals surface area contributed by atoms with Crippen molar-refractivity contribution < 1.29 is 22.7 Å². The fourth-order valence-electron chi connectivity index (χ4n) is 3.22. The standard InChI is InChI=1S/C17H20N4O5S/c22-17(15-11-25-13-4-1-2-5-14(13)26-15)20-6-3-7-21(9-8-20)27(23,24)16-10-18-12-19-16/h1-2,4-5,10,12,15H,3,6-9,11H2,(H,18,19)/t15-/m1/s1. The average Bonchev–Trinajstić information content (AvgIpc) is 3.12. The van der Waals surface area contributed by atoms with Crippen LogP contribution < -0.4 is 9.47 Å². The van der Waals surface area contributed by atoms with Crippen LogP contribution in [-0.4, -0.2) is 72.4 Å². The lowest BCUT2D eigenvalue weighted by Gasteiger charge is -2.30. The highest BCUT2D eigenvalue weighted by Gasteiger charge is 2.34. The number of sulfonamides is 1. The lowest BCUT2D eigenvalue weighted by Crippen LogP contribution is -2.47. The van der Waals surface area contributed by atoms with Crippen molar-refractivity contribution >= 4 is 15.9 Å². The van der Waals surface area contributed by atoms with E-state index in [-0.39, 0.29) is 24.1 Å². The first kappa shape index (κ1) is 17.8. The number of hydrogen-bond donors (Lipinski definition) is 1. The maximum atomic E-state index is 12.8. The summed E-state index contributed by atoms with van der Waals surface area (Å²) in [5, 5.41) is 0.0582. The van der Waals surface area contributed by atoms with Gasteiger partial charge in [-0.2, -0.15) is 4.31 Å². The highest BCUT2D eigenvalue weighted by atomic mass is 32.2. The Morgan fingerprint density at radius 2 is 1.96 bits per heavy atom. The number of H-pyrrole nitrogens is 1. The summed E-state index contributed by atoms with van der Waals surface area (Å²) < 4.78 is 38.0. The van der Waals surface area contributed by atoms with Gasteiger partial charge in [0.2, 0.25) is 6.10 Å². The zero-order chi connectivity index (χ0) is 18.9. The Balaban J connectivity index is 1.42. The molecule has 1 amide bonds. The molecule has 1 saturated heterocycles. The molecule has 4 rings (SSSR count). The first-order valence-corrected chi connectivity index (χ1v) is 10.2. The maximum Gasteiger partial charge on any atom is 0.267 e. The number of rotatable bonds is 3. The molecule has 2 aliphatic heterocycles. The molecule has 27 heavy (non-hydrogen) atoms. The normalized spacial score (nSPS) is 20.9. The van der Waals surface area contributed by atoms with Gasteiger partial charge in [-0.05, 0) is 18.6 Å². The summed E-state index contributed by atoms with van der Waals surface area (Å²) in [6.45, 7) is 1.47. The number of carbonyl (C=O) groups excluding carboxylic acids is 1. The van der Waals surface area contributed by atoms with Gasteiger partial charge in [-0.25, -0.2) is 13.4 Å². The summed E-state index contributed by atoms with van der Waals surface area (Å²) in [6, 6.07) is 7.21. The minimum atomic E-state index is -3.63. The predicted octanol–water partition coefficient (Wildman–Crippen LogP) is 0.473. The Hall–Kier alpha value is -2.59. The molecule has 1 fully saturated rings. The third-order valence-electron chi connectivity index (χ3n) is 4.64. The van der Waals surface area contributed by atoms with Gasteiger partial charge in [-0.1, -0.05) is 12.1 Å². The van der Waals surface area contributed by atoms with Gasteiger partial charge in [0.25, 0.3) is 15.9 Å². The number of carbonyl (C=O) groups is 1. The SMILES string of the molecule is O=C([C@H]1COc2ccccc2O1)N1CCCN(S(=O)(=O)c2cnc[nH]2)CC1. The van der Waals surface area contributed by atoms with Crippen LogP contribution in [0.25, 0.3) is 0 Å². The van der Waals surface area contributed by atoms with Crippen LogP contribution in [-0.2, 0) is 14.8 Å². The zero-order valence-electron chi connectivity index (χ0n) is 14.6. The van der Waals surface area contributed by atoms with Crippen molar-refractivity contribution in [2.45, 2.75) is 17.6 Å². The van der Waals surface area contributed by atoms with Crippen molar-refractivity contribution in [3.63, 3.8) is 0 Å². The maximum absolute atomic E-state index is 12.8. The number of nitrogens with one attached hydrogen (secondary N) is 1. The van der Waals surface area contributed by atoms with E-state index >= 15 is 0 Å². The van der Waals surface area contributed by atoms with Crippen LogP contribution in [0.2, 0.25) is 0 Å². The zero-order valence-corrected chi connectivity index (χ0v) is 15.4. The molecule has 1 atom stereocenters. The summed E-state index contributed by atoms with van der Waals surface area (Å²) in [5.41, 5.74) is 0. The molecule has 0 aliphatic carbocycles. The number of aromatic nitrogens is 2. The van der Waals surface area contributed by atoms with Crippen LogP contribution in [0.1, 0.15) is 6.42 Å². The number of para-hydroxylation sites is 2. The monoisotopic (exact) mass is 392 g/mol. The van der Waals surface area contributed by atoms with Gasteiger partial charge in [0.05, 0.1) is 12.5 Å². The van der Waals surface area contributed by atoms with Crippen LogP contribution in [0, 0.1) is 0 Å². The number of fused-ring (bicyclic) bond motifs is 1. The van der Waals surface area contributed by atoms with E-state index in [9.17, 15) is 13.2 Å². The third kappa shape index (κ3) is 3.50. The second-order valence-corrected chi connectivity index (χ2v) is 8.27. The van der Waals surface area contributed by atoms with E-state index < -0.39 is 16.1 Å². The second-order valence-electron chi connectivity index (χ2n) is 6.36. The lowest BCUT2D eigenvalue weighted by molar-refractivity contribution is -0.141. The van der Waals surface area contributed by atoms with Gasteiger partial charge < -0.3 is 19.4 Å². The molecule has 0 saturated carbocycles. The topological polar surface area (TPSA) is 105 Å². The van der Waals surface area contributed by atoms with E-state index in [1.54, 1.807) is 17.0 Å². The van der Waals surface area contributed by atoms with Gasteiger partial charge in [0.15, 0.2) is 16.5 Å². The van der Waals surface area contributed by atoms with Crippen molar-refractivity contribution in [1.82, 2.24) is 19.2 Å². The van der Waals surface area contributed by atoms with Crippen LogP contribution in [0.4, 0.5) is 0 Å². The lowest BCUT2D eigenvalue weighted by atomic mass is 10.2. The van der Waals surface area contributed by atoms with Gasteiger partial charge in [0.1, 0.15) is 6.61 Å². The van der Waals surface area contributed by atoms with E-state index in [1.165, 1.54) is 16.8 Å². The molecule has 10 heteroatoms. The number of hydrogen-bond acceptors (Lipinski definition) is 6. The molecule has 144 valence electrons. The largest absolute Gasteiger partial charge is 0.485 e. The fraction of sp³-hybridized carbons (Fsp3) is 0.412. The quantitative estimate of drug-likeness (QED) is 0.814. The molecule has 1 aromatic heterocycles. The van der Waals surface area contributed by atoms with Crippen molar-refractivity contribution in [1.29, 1.82) is 0 Å². The highest BCUT2D eigenvalue weighted by molar-refractivity contribution is 7.89. The summed E-state index contributed by atoms with van der Waals surface area (Å²) in [6.07, 6.45) is 2.44. The summed E-state index contributed by atoms with van der Waals surface area (Å²) in [4.78, 5) is 20.9. The van der Waals surface area contributed by atoms with E-state index in [2.05, 4.69) is 9.97 Å². The van der Waals surface area contributed by atoms with Gasteiger partial charge in [0, 0.05) is 26.2 Å². The smallest absolute Gasteiger partial charge is 0.267 e. The molecule has 3 heterocycles. The molecule has 0 bridgehead atoms. The fourth-order valence-corrected chi connectivity index (χ4v) is 4.59. The molecule has 1 aromatic carbocycles. The summed E-state index contributed by atoms with van der Waals surface area (Å²) >= 11 is 0. The average molecular weight is 392 g/mol. The van der Waals surface area contributed by atoms with Crippen molar-refractivity contribution in [2.24, 2.45) is 0 Å². The van der Waals surface area contributed by atoms with E-state index in [1.807, 2.05) is 12.1 Å². The Morgan fingerprint density at radius 3 is 2.74 bits per heavy atom. The molecule has 2 aliphatic rings. The summed E-state index contributed by atoms with van der Waals surface area (Å²) in [7, 11) is -3.63. The second kappa shape index (κ2) is 7.20. The van der Waals surface area contributed by atoms with E-state index in [0.29, 0.717) is 37.6 Å². The third-order valence-corrected chi connectivity index (χ3v) is 6.47. The number of benzene rings is 1. The Kier molecular flexibility index (Phi) is 4.75. The van der Waals surface area contributed by atoms with Gasteiger partial charge in [-0.15, -0.1) is 0 Å². The number of nitrogens with zero attached hydrogens (tertiary/aromatic N) is 3. The van der Waals surface area contributed by atoms with Crippen LogP contribution in [0.3, 0.4) is 0 Å². The van der Waals surface area contributed by atoms with Gasteiger partial charge >= 0.3 is 0 Å². The Labute approximate surface area is 156 Å². The van der Waals surface area contributed by atoms with Crippen LogP contribution >= 0.6 is 0 Å². The number of amides is 1. The van der Waals surface area contributed by atoms with Crippen LogP contribution in [0.15, 0.2) is 41.8 Å². The minimum Gasteiger partial charge on any atom is -0.485 e. The molecule has 0 unspecified atom stereocenters. The number of ether oxygens (including phenoxy) is 2. The Morgan fingerprint density at radius 1 is 1.15 bits per heavy atom. The Bertz CT molecular complexity index is 915. The molecular formula is C17H20N4O5S. The van der Waals surface area contributed by atoms with Gasteiger partial charge in [-0.3, -0.25) is 4.79 Å². The van der Waals surface area contributed by atoms with E-state index in [4.69, 9.17) is 9.47 Å². The van der Waals surface area contributed by atoms with Crippen LogP contribution in [0.5, 0.6) is 11.5 Å². The molecule has 0 spiro atoms. The predicted molar refractivity (Wildman–Crippen MR) is 94.9 cm³/mol. The van der Waals surface area contributed by atoms with Crippen molar-refractivity contribution in [3.05, 3.63) is 36.8 Å².